The number of amides is 1. The van der Waals surface area contributed by atoms with Gasteiger partial charge in [0, 0.05) is 0 Å². The number of anilines is 2. The second kappa shape index (κ2) is 7.42. The summed E-state index contributed by atoms with van der Waals surface area (Å²) < 4.78 is 10.7. The molecule has 0 bridgehead atoms. The van der Waals surface area contributed by atoms with Crippen molar-refractivity contribution >= 4 is 17.4 Å². The molecule has 0 fully saturated rings. The van der Waals surface area contributed by atoms with E-state index >= 15 is 0 Å². The van der Waals surface area contributed by atoms with Crippen molar-refractivity contribution < 1.29 is 14.3 Å². The summed E-state index contributed by atoms with van der Waals surface area (Å²) in [4.78, 5) is 15.9. The van der Waals surface area contributed by atoms with E-state index in [2.05, 4.69) is 10.3 Å². The molecule has 1 heterocycles. The number of nitrogens with two attached hydrogens (primary N) is 1. The lowest BCUT2D eigenvalue weighted by Gasteiger charge is -2.13. The van der Waals surface area contributed by atoms with Gasteiger partial charge in [0.25, 0.3) is 5.91 Å². The smallest absolute Gasteiger partial charge is 0.253 e. The Bertz CT molecular complexity index is 629. The number of hydrogen-bond donors (Lipinski definition) is 2. The topological polar surface area (TPSA) is 86.5 Å². The van der Waals surface area contributed by atoms with Crippen molar-refractivity contribution in [1.82, 2.24) is 4.98 Å². The highest BCUT2D eigenvalue weighted by Crippen LogP contribution is 2.14. The molecule has 0 aliphatic rings. The van der Waals surface area contributed by atoms with Gasteiger partial charge in [-0.15, -0.1) is 0 Å². The molecule has 1 unspecified atom stereocenters. The third-order valence-electron chi connectivity index (χ3n) is 3.06. The third kappa shape index (κ3) is 4.46. The Labute approximate surface area is 129 Å². The molecule has 1 atom stereocenters. The van der Waals surface area contributed by atoms with Crippen LogP contribution in [0.4, 0.5) is 11.5 Å². The van der Waals surface area contributed by atoms with E-state index in [0.29, 0.717) is 18.1 Å². The predicted octanol–water partition coefficient (Wildman–Crippen LogP) is 2.22. The van der Waals surface area contributed by atoms with Crippen LogP contribution in [-0.4, -0.2) is 24.1 Å². The van der Waals surface area contributed by atoms with Crippen LogP contribution in [-0.2, 0) is 16.1 Å². The summed E-state index contributed by atoms with van der Waals surface area (Å²) in [6.45, 7) is 2.02. The number of aromatic nitrogens is 1. The zero-order chi connectivity index (χ0) is 15.9. The highest BCUT2D eigenvalue weighted by atomic mass is 16.5. The lowest BCUT2D eigenvalue weighted by Crippen LogP contribution is -2.27. The number of nitrogen functional groups attached to an aromatic ring is 1. The van der Waals surface area contributed by atoms with Gasteiger partial charge in [-0.2, -0.15) is 0 Å². The van der Waals surface area contributed by atoms with Gasteiger partial charge in [0.1, 0.15) is 17.7 Å². The first-order chi connectivity index (χ1) is 10.6. The van der Waals surface area contributed by atoms with E-state index in [0.717, 1.165) is 11.3 Å². The lowest BCUT2D eigenvalue weighted by molar-refractivity contribution is -0.127. The van der Waals surface area contributed by atoms with Gasteiger partial charge in [0.2, 0.25) is 0 Å². The maximum Gasteiger partial charge on any atom is 0.253 e. The summed E-state index contributed by atoms with van der Waals surface area (Å²) in [5.74, 6) is 0.918. The van der Waals surface area contributed by atoms with Gasteiger partial charge in [-0.25, -0.2) is 4.98 Å². The minimum atomic E-state index is -0.594. The standard InChI is InChI=1S/C16H19N3O3/c1-11(16(20)19-13-6-7-15(17)18-9-13)22-10-12-4-3-5-14(8-12)21-2/h3-9,11H,10H2,1-2H3,(H2,17,18)(H,19,20). The molecule has 6 heteroatoms. The molecule has 1 aromatic carbocycles. The summed E-state index contributed by atoms with van der Waals surface area (Å²) >= 11 is 0. The Kier molecular flexibility index (Phi) is 5.32. The van der Waals surface area contributed by atoms with Crippen molar-refractivity contribution in [3.63, 3.8) is 0 Å². The lowest BCUT2D eigenvalue weighted by atomic mass is 10.2. The van der Waals surface area contributed by atoms with Crippen molar-refractivity contribution in [2.45, 2.75) is 19.6 Å². The van der Waals surface area contributed by atoms with Crippen molar-refractivity contribution in [2.75, 3.05) is 18.2 Å². The van der Waals surface area contributed by atoms with Crippen LogP contribution in [0.5, 0.6) is 5.75 Å². The van der Waals surface area contributed by atoms with Crippen molar-refractivity contribution in [3.8, 4) is 5.75 Å². The molecule has 1 amide bonds. The first-order valence-electron chi connectivity index (χ1n) is 6.85. The molecule has 2 rings (SSSR count). The van der Waals surface area contributed by atoms with Crippen LogP contribution < -0.4 is 15.8 Å². The number of carbonyl (C=O) groups is 1. The largest absolute Gasteiger partial charge is 0.497 e. The first kappa shape index (κ1) is 15.8. The van der Waals surface area contributed by atoms with E-state index in [4.69, 9.17) is 15.2 Å². The van der Waals surface area contributed by atoms with Gasteiger partial charge in [0.15, 0.2) is 0 Å². The van der Waals surface area contributed by atoms with E-state index in [1.54, 1.807) is 26.2 Å². The number of nitrogens with zero attached hydrogens (tertiary/aromatic N) is 1. The monoisotopic (exact) mass is 301 g/mol. The van der Waals surface area contributed by atoms with Crippen molar-refractivity contribution in [2.24, 2.45) is 0 Å². The molecule has 0 saturated carbocycles. The Morgan fingerprint density at radius 3 is 2.86 bits per heavy atom. The highest BCUT2D eigenvalue weighted by molar-refractivity contribution is 5.93. The number of carbonyl (C=O) groups excluding carboxylic acids is 1. The van der Waals surface area contributed by atoms with E-state index < -0.39 is 6.10 Å². The van der Waals surface area contributed by atoms with Gasteiger partial charge in [-0.3, -0.25) is 4.79 Å². The summed E-state index contributed by atoms with van der Waals surface area (Å²) in [5, 5.41) is 2.72. The molecule has 0 aliphatic heterocycles. The summed E-state index contributed by atoms with van der Waals surface area (Å²) in [5.41, 5.74) is 7.01. The van der Waals surface area contributed by atoms with Gasteiger partial charge < -0.3 is 20.5 Å². The molecule has 0 aliphatic carbocycles. The fraction of sp³-hybridized carbons (Fsp3) is 0.250. The second-order valence-corrected chi connectivity index (χ2v) is 4.77. The Morgan fingerprint density at radius 2 is 2.18 bits per heavy atom. The van der Waals surface area contributed by atoms with Gasteiger partial charge in [-0.05, 0) is 36.8 Å². The quantitative estimate of drug-likeness (QED) is 0.854. The zero-order valence-electron chi connectivity index (χ0n) is 12.6. The van der Waals surface area contributed by atoms with Gasteiger partial charge in [-0.1, -0.05) is 12.1 Å². The van der Waals surface area contributed by atoms with E-state index in [9.17, 15) is 4.79 Å². The minimum Gasteiger partial charge on any atom is -0.497 e. The molecule has 3 N–H and O–H groups in total. The van der Waals surface area contributed by atoms with E-state index in [-0.39, 0.29) is 5.91 Å². The number of ether oxygens (including phenoxy) is 2. The molecular weight excluding hydrogens is 282 g/mol. The van der Waals surface area contributed by atoms with Crippen molar-refractivity contribution in [3.05, 3.63) is 48.2 Å². The highest BCUT2D eigenvalue weighted by Gasteiger charge is 2.14. The summed E-state index contributed by atoms with van der Waals surface area (Å²) in [7, 11) is 1.61. The first-order valence-corrected chi connectivity index (χ1v) is 6.85. The average molecular weight is 301 g/mol. The number of pyridine rings is 1. The number of nitrogens with one attached hydrogen (secondary N) is 1. The van der Waals surface area contributed by atoms with Gasteiger partial charge in [0.05, 0.1) is 25.6 Å². The predicted molar refractivity (Wildman–Crippen MR) is 84.5 cm³/mol. The zero-order valence-corrected chi connectivity index (χ0v) is 12.6. The SMILES string of the molecule is COc1cccc(COC(C)C(=O)Nc2ccc(N)nc2)c1. The Morgan fingerprint density at radius 1 is 1.36 bits per heavy atom. The molecule has 116 valence electrons. The van der Waals surface area contributed by atoms with Crippen LogP contribution in [0.15, 0.2) is 42.6 Å². The molecule has 6 nitrogen and oxygen atoms in total. The fourth-order valence-corrected chi connectivity index (χ4v) is 1.78. The van der Waals surface area contributed by atoms with Crippen LogP contribution in [0.3, 0.4) is 0 Å². The maximum absolute atomic E-state index is 12.0. The summed E-state index contributed by atoms with van der Waals surface area (Å²) in [6.07, 6.45) is 0.908. The average Bonchev–Trinajstić information content (AvgIpc) is 2.54. The molecule has 0 radical (unpaired) electrons. The van der Waals surface area contributed by atoms with E-state index in [1.807, 2.05) is 24.3 Å². The van der Waals surface area contributed by atoms with Crippen LogP contribution in [0, 0.1) is 0 Å². The normalized spacial score (nSPS) is 11.7. The number of rotatable bonds is 6. The van der Waals surface area contributed by atoms with Crippen LogP contribution in [0.2, 0.25) is 0 Å². The van der Waals surface area contributed by atoms with Crippen LogP contribution in [0.25, 0.3) is 0 Å². The Hall–Kier alpha value is -2.60. The second-order valence-electron chi connectivity index (χ2n) is 4.77. The molecule has 0 saturated heterocycles. The molecule has 22 heavy (non-hydrogen) atoms. The third-order valence-corrected chi connectivity index (χ3v) is 3.06. The number of methoxy groups -OCH3 is 1. The fourth-order valence-electron chi connectivity index (χ4n) is 1.78. The number of hydrogen-bond acceptors (Lipinski definition) is 5. The van der Waals surface area contributed by atoms with E-state index in [1.165, 1.54) is 6.20 Å². The molecular formula is C16H19N3O3. The maximum atomic E-state index is 12.0. The van der Waals surface area contributed by atoms with Crippen molar-refractivity contribution in [1.29, 1.82) is 0 Å². The minimum absolute atomic E-state index is 0.241. The van der Waals surface area contributed by atoms with Crippen LogP contribution in [0.1, 0.15) is 12.5 Å². The Balaban J connectivity index is 1.86. The molecule has 1 aromatic heterocycles. The van der Waals surface area contributed by atoms with Crippen LogP contribution >= 0.6 is 0 Å². The van der Waals surface area contributed by atoms with Gasteiger partial charge >= 0.3 is 0 Å². The molecule has 2 aromatic rings. The number of benzene rings is 1. The molecule has 0 spiro atoms. The summed E-state index contributed by atoms with van der Waals surface area (Å²) in [6, 6.07) is 10.8.